The molecule has 1 aromatic carbocycles. The van der Waals surface area contributed by atoms with Crippen molar-refractivity contribution in [3.8, 4) is 5.75 Å². The van der Waals surface area contributed by atoms with Gasteiger partial charge in [0.05, 0.1) is 19.2 Å². The van der Waals surface area contributed by atoms with E-state index in [1.54, 1.807) is 18.9 Å². The number of amides is 1. The van der Waals surface area contributed by atoms with E-state index in [4.69, 9.17) is 10.5 Å². The summed E-state index contributed by atoms with van der Waals surface area (Å²) in [6.07, 6.45) is 2.70. The summed E-state index contributed by atoms with van der Waals surface area (Å²) in [6, 6.07) is 7.13. The van der Waals surface area contributed by atoms with Gasteiger partial charge in [0.2, 0.25) is 5.91 Å². The number of nitrogens with one attached hydrogen (secondary N) is 1. The monoisotopic (exact) mass is 282 g/mol. The second-order valence-electron chi connectivity index (χ2n) is 4.39. The van der Waals surface area contributed by atoms with Gasteiger partial charge in [0.25, 0.3) is 0 Å². The van der Waals surface area contributed by atoms with Crippen molar-refractivity contribution in [2.45, 2.75) is 25.4 Å². The van der Waals surface area contributed by atoms with Crippen molar-refractivity contribution < 1.29 is 9.53 Å². The fraction of sp³-hybridized carbons (Fsp3) is 0.500. The molecule has 0 aliphatic rings. The van der Waals surface area contributed by atoms with Crippen LogP contribution >= 0.6 is 11.8 Å². The van der Waals surface area contributed by atoms with E-state index >= 15 is 0 Å². The SMILES string of the molecule is COc1cccc([C@@H](C)NC(=O)[C@@H](N)CCSC)c1. The molecule has 4 nitrogen and oxygen atoms in total. The van der Waals surface area contributed by atoms with Crippen molar-refractivity contribution in [3.63, 3.8) is 0 Å². The number of benzene rings is 1. The van der Waals surface area contributed by atoms with Crippen molar-refractivity contribution in [1.29, 1.82) is 0 Å². The maximum absolute atomic E-state index is 11.9. The van der Waals surface area contributed by atoms with Gasteiger partial charge in [-0.25, -0.2) is 0 Å². The Balaban J connectivity index is 2.58. The third kappa shape index (κ3) is 5.12. The van der Waals surface area contributed by atoms with Gasteiger partial charge in [-0.3, -0.25) is 4.79 Å². The quantitative estimate of drug-likeness (QED) is 0.802. The lowest BCUT2D eigenvalue weighted by Gasteiger charge is -2.18. The zero-order chi connectivity index (χ0) is 14.3. The van der Waals surface area contributed by atoms with Gasteiger partial charge in [0.1, 0.15) is 5.75 Å². The zero-order valence-corrected chi connectivity index (χ0v) is 12.5. The molecule has 1 amide bonds. The van der Waals surface area contributed by atoms with Gasteiger partial charge < -0.3 is 15.8 Å². The molecule has 0 aliphatic heterocycles. The van der Waals surface area contributed by atoms with Crippen LogP contribution in [0.5, 0.6) is 5.75 Å². The molecule has 19 heavy (non-hydrogen) atoms. The van der Waals surface area contributed by atoms with Crippen molar-refractivity contribution in [1.82, 2.24) is 5.32 Å². The number of nitrogens with two attached hydrogens (primary N) is 1. The molecule has 0 heterocycles. The average molecular weight is 282 g/mol. The van der Waals surface area contributed by atoms with Gasteiger partial charge in [-0.05, 0) is 43.0 Å². The molecule has 0 radical (unpaired) electrons. The first-order valence-electron chi connectivity index (χ1n) is 6.27. The van der Waals surface area contributed by atoms with Crippen LogP contribution in [0.2, 0.25) is 0 Å². The van der Waals surface area contributed by atoms with Crippen LogP contribution in [0.15, 0.2) is 24.3 Å². The van der Waals surface area contributed by atoms with Crippen molar-refractivity contribution in [2.24, 2.45) is 5.73 Å². The molecule has 106 valence electrons. The molecule has 2 atom stereocenters. The Hall–Kier alpha value is -1.20. The second kappa shape index (κ2) is 8.07. The van der Waals surface area contributed by atoms with Gasteiger partial charge in [-0.15, -0.1) is 0 Å². The Morgan fingerprint density at radius 1 is 1.53 bits per heavy atom. The van der Waals surface area contributed by atoms with Gasteiger partial charge in [-0.1, -0.05) is 12.1 Å². The maximum Gasteiger partial charge on any atom is 0.237 e. The molecular weight excluding hydrogens is 260 g/mol. The fourth-order valence-corrected chi connectivity index (χ4v) is 2.18. The molecule has 0 unspecified atom stereocenters. The molecular formula is C14H22N2O2S. The Labute approximate surface area is 119 Å². The molecule has 5 heteroatoms. The van der Waals surface area contributed by atoms with Gasteiger partial charge >= 0.3 is 0 Å². The molecule has 1 rings (SSSR count). The summed E-state index contributed by atoms with van der Waals surface area (Å²) < 4.78 is 5.17. The molecule has 0 saturated heterocycles. The van der Waals surface area contributed by atoms with Crippen LogP contribution in [0.25, 0.3) is 0 Å². The number of carbonyl (C=O) groups excluding carboxylic acids is 1. The summed E-state index contributed by atoms with van der Waals surface area (Å²) in [5.74, 6) is 1.57. The molecule has 3 N–H and O–H groups in total. The smallest absolute Gasteiger partial charge is 0.237 e. The lowest BCUT2D eigenvalue weighted by molar-refractivity contribution is -0.123. The third-order valence-electron chi connectivity index (χ3n) is 2.92. The minimum absolute atomic E-state index is 0.0806. The molecule has 0 aliphatic carbocycles. The first-order chi connectivity index (χ1) is 9.08. The summed E-state index contributed by atoms with van der Waals surface area (Å²) in [5, 5.41) is 2.93. The molecule has 0 saturated carbocycles. The highest BCUT2D eigenvalue weighted by molar-refractivity contribution is 7.98. The van der Waals surface area contributed by atoms with Crippen LogP contribution < -0.4 is 15.8 Å². The van der Waals surface area contributed by atoms with Crippen LogP contribution in [0.4, 0.5) is 0 Å². The van der Waals surface area contributed by atoms with Crippen LogP contribution in [-0.2, 0) is 4.79 Å². The number of ether oxygens (including phenoxy) is 1. The average Bonchev–Trinajstić information content (AvgIpc) is 2.44. The van der Waals surface area contributed by atoms with Crippen molar-refractivity contribution >= 4 is 17.7 Å². The van der Waals surface area contributed by atoms with Crippen LogP contribution in [0.3, 0.4) is 0 Å². The summed E-state index contributed by atoms with van der Waals surface area (Å²) in [6.45, 7) is 1.94. The van der Waals surface area contributed by atoms with E-state index < -0.39 is 6.04 Å². The fourth-order valence-electron chi connectivity index (χ4n) is 1.69. The highest BCUT2D eigenvalue weighted by Crippen LogP contribution is 2.18. The Kier molecular flexibility index (Phi) is 6.73. The second-order valence-corrected chi connectivity index (χ2v) is 5.38. The zero-order valence-electron chi connectivity index (χ0n) is 11.7. The number of carbonyl (C=O) groups is 1. The van der Waals surface area contributed by atoms with E-state index in [0.717, 1.165) is 17.1 Å². The first-order valence-corrected chi connectivity index (χ1v) is 7.66. The number of hydrogen-bond acceptors (Lipinski definition) is 4. The third-order valence-corrected chi connectivity index (χ3v) is 3.57. The molecule has 0 spiro atoms. The minimum Gasteiger partial charge on any atom is -0.497 e. The van der Waals surface area contributed by atoms with E-state index in [1.165, 1.54) is 0 Å². The number of methoxy groups -OCH3 is 1. The summed E-state index contributed by atoms with van der Waals surface area (Å²) in [4.78, 5) is 11.9. The van der Waals surface area contributed by atoms with Crippen LogP contribution in [0, 0.1) is 0 Å². The molecule has 0 fully saturated rings. The van der Waals surface area contributed by atoms with E-state index in [0.29, 0.717) is 6.42 Å². The topological polar surface area (TPSA) is 64.3 Å². The van der Waals surface area contributed by atoms with Gasteiger partial charge in [0.15, 0.2) is 0 Å². The molecule has 0 aromatic heterocycles. The highest BCUT2D eigenvalue weighted by Gasteiger charge is 2.16. The normalized spacial score (nSPS) is 13.7. The first kappa shape index (κ1) is 15.9. The number of rotatable bonds is 7. The van der Waals surface area contributed by atoms with E-state index in [9.17, 15) is 4.79 Å². The lowest BCUT2D eigenvalue weighted by atomic mass is 10.1. The Morgan fingerprint density at radius 2 is 2.26 bits per heavy atom. The standard InChI is InChI=1S/C14H22N2O2S/c1-10(11-5-4-6-12(9-11)18-2)16-14(17)13(15)7-8-19-3/h4-6,9-10,13H,7-8,15H2,1-3H3,(H,16,17)/t10-,13+/m1/s1. The molecule has 0 bridgehead atoms. The summed E-state index contributed by atoms with van der Waals surface area (Å²) in [7, 11) is 1.63. The summed E-state index contributed by atoms with van der Waals surface area (Å²) in [5.41, 5.74) is 6.84. The van der Waals surface area contributed by atoms with Crippen molar-refractivity contribution in [2.75, 3.05) is 19.1 Å². The number of hydrogen-bond donors (Lipinski definition) is 2. The maximum atomic E-state index is 11.9. The number of thioether (sulfide) groups is 1. The Morgan fingerprint density at radius 3 is 2.89 bits per heavy atom. The summed E-state index contributed by atoms with van der Waals surface area (Å²) >= 11 is 1.69. The highest BCUT2D eigenvalue weighted by atomic mass is 32.2. The minimum atomic E-state index is -0.444. The lowest BCUT2D eigenvalue weighted by Crippen LogP contribution is -2.41. The molecule has 1 aromatic rings. The van der Waals surface area contributed by atoms with E-state index in [-0.39, 0.29) is 11.9 Å². The van der Waals surface area contributed by atoms with E-state index in [1.807, 2.05) is 37.4 Å². The van der Waals surface area contributed by atoms with Crippen molar-refractivity contribution in [3.05, 3.63) is 29.8 Å². The largest absolute Gasteiger partial charge is 0.497 e. The van der Waals surface area contributed by atoms with Crippen LogP contribution in [0.1, 0.15) is 24.9 Å². The Bertz CT molecular complexity index is 412. The van der Waals surface area contributed by atoms with Gasteiger partial charge in [0, 0.05) is 0 Å². The predicted octanol–water partition coefficient (Wildman–Crippen LogP) is 1.95. The predicted molar refractivity (Wildman–Crippen MR) is 80.5 cm³/mol. The van der Waals surface area contributed by atoms with Gasteiger partial charge in [-0.2, -0.15) is 11.8 Å². The van der Waals surface area contributed by atoms with Crippen LogP contribution in [-0.4, -0.2) is 31.1 Å². The van der Waals surface area contributed by atoms with E-state index in [2.05, 4.69) is 5.32 Å².